The molecule has 0 radical (unpaired) electrons. The molecule has 0 amide bonds. The van der Waals surface area contributed by atoms with Gasteiger partial charge in [-0.3, -0.25) is 9.20 Å². The predicted octanol–water partition coefficient (Wildman–Crippen LogP) is 5.51. The number of carbonyl (C=O) groups excluding carboxylic acids is 1. The number of ketones is 1. The summed E-state index contributed by atoms with van der Waals surface area (Å²) >= 11 is 1.51. The molecule has 0 saturated carbocycles. The number of nitrogens with zero attached hydrogens (tertiary/aromatic N) is 3. The molecule has 2 aromatic heterocycles. The molecule has 5 nitrogen and oxygen atoms in total. The number of hydrogen-bond acceptors (Lipinski definition) is 5. The number of fused-ring (bicyclic) bond motifs is 3. The zero-order valence-corrected chi connectivity index (χ0v) is 19.4. The summed E-state index contributed by atoms with van der Waals surface area (Å²) < 4.78 is 17.5. The number of unbranched alkanes of at least 4 members (excludes halogenated alkanes) is 1. The summed E-state index contributed by atoms with van der Waals surface area (Å²) in [6, 6.07) is 10.8. The van der Waals surface area contributed by atoms with Crippen LogP contribution >= 0.6 is 11.3 Å². The largest absolute Gasteiger partial charge is 0.326 e. The van der Waals surface area contributed by atoms with Crippen molar-refractivity contribution in [3.05, 3.63) is 59.5 Å². The summed E-state index contributed by atoms with van der Waals surface area (Å²) in [5, 5.41) is 0. The van der Waals surface area contributed by atoms with Gasteiger partial charge in [0.15, 0.2) is 10.7 Å². The lowest BCUT2D eigenvalue weighted by Crippen LogP contribution is -2.24. The molecule has 4 rings (SSSR count). The van der Waals surface area contributed by atoms with Crippen LogP contribution in [0.15, 0.2) is 42.6 Å². The lowest BCUT2D eigenvalue weighted by molar-refractivity contribution is 0.0978. The fraction of sp³-hybridized carbons (Fsp3) is 0.360. The summed E-state index contributed by atoms with van der Waals surface area (Å²) in [7, 11) is 0. The summed E-state index contributed by atoms with van der Waals surface area (Å²) in [4.78, 5) is 20.5. The van der Waals surface area contributed by atoms with E-state index in [1.807, 2.05) is 34.9 Å². The monoisotopic (exact) mass is 452 g/mol. The van der Waals surface area contributed by atoms with E-state index < -0.39 is 0 Å². The van der Waals surface area contributed by atoms with Gasteiger partial charge in [-0.1, -0.05) is 31.3 Å². The van der Waals surface area contributed by atoms with Crippen LogP contribution in [0.5, 0.6) is 0 Å². The Balaban J connectivity index is 1.50. The second kappa shape index (κ2) is 9.90. The van der Waals surface area contributed by atoms with E-state index in [1.54, 1.807) is 6.07 Å². The molecule has 168 valence electrons. The minimum absolute atomic E-state index is 0.181. The third-order valence-electron chi connectivity index (χ3n) is 5.98. The molecule has 0 saturated heterocycles. The number of carbonyl (C=O) groups is 1. The smallest absolute Gasteiger partial charge is 0.195 e. The van der Waals surface area contributed by atoms with E-state index in [4.69, 9.17) is 5.73 Å². The zero-order chi connectivity index (χ0) is 22.7. The molecule has 0 spiro atoms. The molecule has 0 aliphatic heterocycles. The predicted molar refractivity (Wildman–Crippen MR) is 130 cm³/mol. The van der Waals surface area contributed by atoms with Gasteiger partial charge in [0.05, 0.1) is 15.9 Å². The van der Waals surface area contributed by atoms with Crippen LogP contribution in [0, 0.1) is 5.82 Å². The van der Waals surface area contributed by atoms with Gasteiger partial charge in [0, 0.05) is 30.3 Å². The lowest BCUT2D eigenvalue weighted by atomic mass is 10.1. The first-order valence-electron chi connectivity index (χ1n) is 11.2. The molecule has 0 atom stereocenters. The Hall–Kier alpha value is -2.61. The number of thiazole rings is 1. The molecule has 7 heteroatoms. The number of aromatic nitrogens is 2. The van der Waals surface area contributed by atoms with Crippen molar-refractivity contribution < 1.29 is 9.18 Å². The lowest BCUT2D eigenvalue weighted by Gasteiger charge is -2.17. The summed E-state index contributed by atoms with van der Waals surface area (Å²) in [6.07, 6.45) is 4.36. The van der Waals surface area contributed by atoms with Crippen LogP contribution < -0.4 is 5.73 Å². The van der Waals surface area contributed by atoms with Crippen LogP contribution in [0.25, 0.3) is 26.4 Å². The standard InChI is InChI=1S/C25H29FN4OS/c1-3-29(4-2)12-6-5-7-23(31)18-9-11-22-24(14-18)32-25-28-21(16-30(22)25)19-10-8-17(15-27)13-20(19)26/h8-11,13-14,16H,3-7,12,15,27H2,1-2H3. The number of rotatable bonds is 10. The van der Waals surface area contributed by atoms with Crippen molar-refractivity contribution in [2.75, 3.05) is 19.6 Å². The topological polar surface area (TPSA) is 63.6 Å². The Morgan fingerprint density at radius 1 is 1.16 bits per heavy atom. The maximum Gasteiger partial charge on any atom is 0.195 e. The van der Waals surface area contributed by atoms with Gasteiger partial charge in [-0.15, -0.1) is 0 Å². The van der Waals surface area contributed by atoms with E-state index in [2.05, 4.69) is 23.7 Å². The quantitative estimate of drug-likeness (QED) is 0.255. The summed E-state index contributed by atoms with van der Waals surface area (Å²) in [6.45, 7) is 7.77. The molecule has 0 aliphatic rings. The molecule has 2 heterocycles. The van der Waals surface area contributed by atoms with E-state index in [-0.39, 0.29) is 11.6 Å². The van der Waals surface area contributed by atoms with Crippen LogP contribution in [0.3, 0.4) is 0 Å². The van der Waals surface area contributed by atoms with Gasteiger partial charge in [0.1, 0.15) is 5.82 Å². The molecular formula is C25H29FN4OS. The maximum absolute atomic E-state index is 14.5. The molecular weight excluding hydrogens is 423 g/mol. The number of Topliss-reactive ketones (excluding diaryl/α,β-unsaturated/α-hetero) is 1. The number of hydrogen-bond donors (Lipinski definition) is 1. The Labute approximate surface area is 191 Å². The Kier molecular flexibility index (Phi) is 6.98. The van der Waals surface area contributed by atoms with Crippen LogP contribution in [-0.2, 0) is 6.54 Å². The van der Waals surface area contributed by atoms with Crippen LogP contribution in [0.4, 0.5) is 4.39 Å². The number of nitrogens with two attached hydrogens (primary N) is 1. The van der Waals surface area contributed by atoms with Crippen LogP contribution in [-0.4, -0.2) is 39.7 Å². The van der Waals surface area contributed by atoms with E-state index in [0.29, 0.717) is 24.2 Å². The third-order valence-corrected chi connectivity index (χ3v) is 7.00. The molecule has 0 bridgehead atoms. The molecule has 0 fully saturated rings. The van der Waals surface area contributed by atoms with Crippen molar-refractivity contribution in [2.45, 2.75) is 39.7 Å². The molecule has 2 N–H and O–H groups in total. The van der Waals surface area contributed by atoms with Crippen LogP contribution in [0.1, 0.15) is 49.0 Å². The molecule has 2 aromatic carbocycles. The normalized spacial score (nSPS) is 11.8. The van der Waals surface area contributed by atoms with Gasteiger partial charge < -0.3 is 10.6 Å². The van der Waals surface area contributed by atoms with Gasteiger partial charge in [-0.05, 0) is 68.4 Å². The van der Waals surface area contributed by atoms with Crippen molar-refractivity contribution in [1.29, 1.82) is 0 Å². The highest BCUT2D eigenvalue weighted by molar-refractivity contribution is 7.23. The highest BCUT2D eigenvalue weighted by Crippen LogP contribution is 2.31. The van der Waals surface area contributed by atoms with E-state index in [1.165, 1.54) is 17.4 Å². The second-order valence-electron chi connectivity index (χ2n) is 7.99. The summed E-state index contributed by atoms with van der Waals surface area (Å²) in [5.74, 6) is -0.142. The minimum atomic E-state index is -0.322. The Bertz CT molecular complexity index is 1240. The van der Waals surface area contributed by atoms with E-state index in [9.17, 15) is 9.18 Å². The van der Waals surface area contributed by atoms with Crippen LogP contribution in [0.2, 0.25) is 0 Å². The minimum Gasteiger partial charge on any atom is -0.326 e. The maximum atomic E-state index is 14.5. The highest BCUT2D eigenvalue weighted by atomic mass is 32.1. The van der Waals surface area contributed by atoms with Gasteiger partial charge >= 0.3 is 0 Å². The Morgan fingerprint density at radius 3 is 2.69 bits per heavy atom. The third kappa shape index (κ3) is 4.60. The van der Waals surface area contributed by atoms with Gasteiger partial charge in [0.25, 0.3) is 0 Å². The number of imidazole rings is 1. The molecule has 4 aromatic rings. The average molecular weight is 453 g/mol. The molecule has 32 heavy (non-hydrogen) atoms. The van der Waals surface area contributed by atoms with Gasteiger partial charge in [0.2, 0.25) is 0 Å². The van der Waals surface area contributed by atoms with Gasteiger partial charge in [-0.25, -0.2) is 9.37 Å². The fourth-order valence-electron chi connectivity index (χ4n) is 4.00. The van der Waals surface area contributed by atoms with Crippen molar-refractivity contribution >= 4 is 32.3 Å². The molecule has 0 unspecified atom stereocenters. The highest BCUT2D eigenvalue weighted by Gasteiger charge is 2.15. The number of halogens is 1. The van der Waals surface area contributed by atoms with Crippen molar-refractivity contribution in [2.24, 2.45) is 5.73 Å². The van der Waals surface area contributed by atoms with Crippen molar-refractivity contribution in [3.63, 3.8) is 0 Å². The fourth-order valence-corrected chi connectivity index (χ4v) is 5.05. The van der Waals surface area contributed by atoms with E-state index >= 15 is 0 Å². The average Bonchev–Trinajstić information content (AvgIpc) is 3.36. The van der Waals surface area contributed by atoms with E-state index in [0.717, 1.165) is 58.8 Å². The first-order valence-corrected chi connectivity index (χ1v) is 12.0. The van der Waals surface area contributed by atoms with Crippen molar-refractivity contribution in [1.82, 2.24) is 14.3 Å². The van der Waals surface area contributed by atoms with Crippen molar-refractivity contribution in [3.8, 4) is 11.3 Å². The SMILES string of the molecule is CCN(CC)CCCCC(=O)c1ccc2c(c1)sc1nc(-c3ccc(CN)cc3F)cn12. The molecule has 0 aliphatic carbocycles. The Morgan fingerprint density at radius 2 is 1.97 bits per heavy atom. The zero-order valence-electron chi connectivity index (χ0n) is 18.6. The second-order valence-corrected chi connectivity index (χ2v) is 9.00. The first-order chi connectivity index (χ1) is 15.5. The number of benzene rings is 2. The van der Waals surface area contributed by atoms with Gasteiger partial charge in [-0.2, -0.15) is 0 Å². The summed E-state index contributed by atoms with van der Waals surface area (Å²) in [5.41, 5.74) is 9.12. The first kappa shape index (κ1) is 22.6.